The van der Waals surface area contributed by atoms with Gasteiger partial charge in [-0.1, -0.05) is 50.6 Å². The third-order valence-electron chi connectivity index (χ3n) is 4.67. The summed E-state index contributed by atoms with van der Waals surface area (Å²) < 4.78 is 15.9. The van der Waals surface area contributed by atoms with Gasteiger partial charge in [-0.25, -0.2) is 0 Å². The van der Waals surface area contributed by atoms with Gasteiger partial charge in [0.25, 0.3) is 0 Å². The smallest absolute Gasteiger partial charge is 0.314 e. The molecule has 26 heavy (non-hydrogen) atoms. The third-order valence-corrected chi connectivity index (χ3v) is 4.67. The van der Waals surface area contributed by atoms with E-state index in [0.717, 1.165) is 12.0 Å². The molecule has 0 bridgehead atoms. The largest absolute Gasteiger partial charge is 0.457 e. The van der Waals surface area contributed by atoms with Gasteiger partial charge in [0.15, 0.2) is 23.9 Å². The zero-order chi connectivity index (χ0) is 18.5. The molecule has 0 saturated carbocycles. The van der Waals surface area contributed by atoms with Crippen molar-refractivity contribution in [1.29, 1.82) is 0 Å². The zero-order valence-electron chi connectivity index (χ0n) is 14.9. The number of rotatable bonds is 7. The molecule has 5 heteroatoms. The van der Waals surface area contributed by atoms with Gasteiger partial charge in [0.05, 0.1) is 5.92 Å². The highest BCUT2D eigenvalue weighted by Crippen LogP contribution is 2.33. The van der Waals surface area contributed by atoms with Crippen molar-refractivity contribution in [3.63, 3.8) is 0 Å². The summed E-state index contributed by atoms with van der Waals surface area (Å²) >= 11 is 0. The van der Waals surface area contributed by atoms with Crippen molar-refractivity contribution in [2.24, 2.45) is 5.92 Å². The first-order valence-corrected chi connectivity index (χ1v) is 8.74. The quantitative estimate of drug-likeness (QED) is 0.556. The molecule has 0 fully saturated rings. The van der Waals surface area contributed by atoms with Crippen molar-refractivity contribution in [1.82, 2.24) is 0 Å². The molecule has 2 atom stereocenters. The monoisotopic (exact) mass is 354 g/mol. The van der Waals surface area contributed by atoms with Crippen molar-refractivity contribution >= 4 is 11.8 Å². The molecule has 0 unspecified atom stereocenters. The first-order valence-electron chi connectivity index (χ1n) is 8.74. The minimum atomic E-state index is -0.384. The highest BCUT2D eigenvalue weighted by atomic mass is 16.7. The lowest BCUT2D eigenvalue weighted by molar-refractivity contribution is -0.145. The van der Waals surface area contributed by atoms with Crippen LogP contribution in [0.2, 0.25) is 0 Å². The second kappa shape index (κ2) is 8.04. The number of ketones is 1. The Balaban J connectivity index is 1.67. The van der Waals surface area contributed by atoms with Crippen molar-refractivity contribution in [2.75, 3.05) is 13.4 Å². The Bertz CT molecular complexity index is 784. The summed E-state index contributed by atoms with van der Waals surface area (Å²) in [5.74, 6) is 0.229. The van der Waals surface area contributed by atoms with Crippen LogP contribution in [0.1, 0.15) is 42.1 Å². The van der Waals surface area contributed by atoms with Crippen LogP contribution in [0.5, 0.6) is 11.5 Å². The molecular formula is C21H22O5. The van der Waals surface area contributed by atoms with E-state index in [1.54, 1.807) is 18.2 Å². The molecule has 0 saturated heterocycles. The van der Waals surface area contributed by atoms with Crippen molar-refractivity contribution in [3.8, 4) is 11.5 Å². The van der Waals surface area contributed by atoms with Gasteiger partial charge in [-0.3, -0.25) is 9.59 Å². The third kappa shape index (κ3) is 3.87. The van der Waals surface area contributed by atoms with Crippen LogP contribution in [0.4, 0.5) is 0 Å². The second-order valence-corrected chi connectivity index (χ2v) is 6.37. The molecule has 3 rings (SSSR count). The molecule has 0 radical (unpaired) electrons. The highest BCUT2D eigenvalue weighted by Gasteiger charge is 2.28. The van der Waals surface area contributed by atoms with Gasteiger partial charge in [-0.15, -0.1) is 0 Å². The zero-order valence-corrected chi connectivity index (χ0v) is 14.9. The fraction of sp³-hybridized carbons (Fsp3) is 0.333. The molecule has 2 aromatic rings. The predicted molar refractivity (Wildman–Crippen MR) is 96.5 cm³/mol. The van der Waals surface area contributed by atoms with E-state index in [0.29, 0.717) is 17.1 Å². The number of esters is 1. The Kier molecular flexibility index (Phi) is 5.56. The number of benzene rings is 2. The average molecular weight is 354 g/mol. The standard InChI is InChI=1S/C21H22O5/c1-3-14(2)20(15-7-5-4-6-8-15)21(23)24-12-17(22)16-9-10-18-19(11-16)26-13-25-18/h4-11,14,20H,3,12-13H2,1-2H3/t14-,20+/m1/s1. The SMILES string of the molecule is CC[C@@H](C)[C@H](C(=O)OCC(=O)c1ccc2c(c1)OCO2)c1ccccc1. The van der Waals surface area contributed by atoms with Crippen LogP contribution in [0.15, 0.2) is 48.5 Å². The number of carbonyl (C=O) groups excluding carboxylic acids is 2. The number of carbonyl (C=O) groups is 2. The summed E-state index contributed by atoms with van der Waals surface area (Å²) in [7, 11) is 0. The first kappa shape index (κ1) is 18.0. The molecule has 1 aliphatic rings. The molecule has 0 amide bonds. The molecule has 0 aliphatic carbocycles. The number of Topliss-reactive ketones (excluding diaryl/α,β-unsaturated/α-hetero) is 1. The Morgan fingerprint density at radius 2 is 1.81 bits per heavy atom. The van der Waals surface area contributed by atoms with Gasteiger partial charge in [-0.2, -0.15) is 0 Å². The fourth-order valence-electron chi connectivity index (χ4n) is 2.97. The lowest BCUT2D eigenvalue weighted by Crippen LogP contribution is -2.24. The van der Waals surface area contributed by atoms with E-state index in [1.807, 2.05) is 44.2 Å². The Hall–Kier alpha value is -2.82. The van der Waals surface area contributed by atoms with Crippen LogP contribution in [-0.2, 0) is 9.53 Å². The van der Waals surface area contributed by atoms with Gasteiger partial charge >= 0.3 is 5.97 Å². The predicted octanol–water partition coefficient (Wildman–Crippen LogP) is 3.97. The van der Waals surface area contributed by atoms with Crippen LogP contribution in [0.3, 0.4) is 0 Å². The van der Waals surface area contributed by atoms with E-state index >= 15 is 0 Å². The summed E-state index contributed by atoms with van der Waals surface area (Å²) in [6.07, 6.45) is 0.838. The van der Waals surface area contributed by atoms with Crippen LogP contribution in [-0.4, -0.2) is 25.2 Å². The molecule has 0 N–H and O–H groups in total. The van der Waals surface area contributed by atoms with Crippen LogP contribution in [0, 0.1) is 5.92 Å². The Morgan fingerprint density at radius 1 is 1.08 bits per heavy atom. The van der Waals surface area contributed by atoms with Crippen molar-refractivity contribution in [2.45, 2.75) is 26.2 Å². The molecule has 1 heterocycles. The molecule has 0 spiro atoms. The number of hydrogen-bond acceptors (Lipinski definition) is 5. The summed E-state index contributed by atoms with van der Waals surface area (Å²) in [4.78, 5) is 25.0. The number of ether oxygens (including phenoxy) is 3. The van der Waals surface area contributed by atoms with Crippen molar-refractivity contribution < 1.29 is 23.8 Å². The Labute approximate surface area is 152 Å². The normalized spacial score (nSPS) is 14.5. The Morgan fingerprint density at radius 3 is 2.54 bits per heavy atom. The van der Waals surface area contributed by atoms with Gasteiger partial charge in [0.1, 0.15) is 0 Å². The minimum absolute atomic E-state index is 0.116. The van der Waals surface area contributed by atoms with E-state index in [-0.39, 0.29) is 37.0 Å². The molecule has 5 nitrogen and oxygen atoms in total. The van der Waals surface area contributed by atoms with E-state index in [9.17, 15) is 9.59 Å². The first-order chi connectivity index (χ1) is 12.6. The molecule has 0 aromatic heterocycles. The van der Waals surface area contributed by atoms with Gasteiger partial charge < -0.3 is 14.2 Å². The average Bonchev–Trinajstić information content (AvgIpc) is 3.14. The summed E-state index contributed by atoms with van der Waals surface area (Å²) in [5.41, 5.74) is 1.34. The van der Waals surface area contributed by atoms with Gasteiger partial charge in [0, 0.05) is 5.56 Å². The highest BCUT2D eigenvalue weighted by molar-refractivity contribution is 5.98. The molecular weight excluding hydrogens is 332 g/mol. The second-order valence-electron chi connectivity index (χ2n) is 6.37. The number of fused-ring (bicyclic) bond motifs is 1. The number of hydrogen-bond donors (Lipinski definition) is 0. The maximum atomic E-state index is 12.6. The maximum Gasteiger partial charge on any atom is 0.314 e. The molecule has 1 aliphatic heterocycles. The summed E-state index contributed by atoms with van der Waals surface area (Å²) in [6, 6.07) is 14.5. The lowest BCUT2D eigenvalue weighted by Gasteiger charge is -2.21. The van der Waals surface area contributed by atoms with Crippen LogP contribution >= 0.6 is 0 Å². The maximum absolute atomic E-state index is 12.6. The topological polar surface area (TPSA) is 61.8 Å². The van der Waals surface area contributed by atoms with Crippen molar-refractivity contribution in [3.05, 3.63) is 59.7 Å². The van der Waals surface area contributed by atoms with E-state index < -0.39 is 0 Å². The van der Waals surface area contributed by atoms with E-state index in [1.165, 1.54) is 0 Å². The van der Waals surface area contributed by atoms with Crippen LogP contribution in [0.25, 0.3) is 0 Å². The molecule has 136 valence electrons. The molecule has 2 aromatic carbocycles. The van der Waals surface area contributed by atoms with E-state index in [2.05, 4.69) is 0 Å². The fourth-order valence-corrected chi connectivity index (χ4v) is 2.97. The minimum Gasteiger partial charge on any atom is -0.457 e. The van der Waals surface area contributed by atoms with Gasteiger partial charge in [0.2, 0.25) is 6.79 Å². The van der Waals surface area contributed by atoms with E-state index in [4.69, 9.17) is 14.2 Å². The summed E-state index contributed by atoms with van der Waals surface area (Å²) in [5, 5.41) is 0. The summed E-state index contributed by atoms with van der Waals surface area (Å²) in [6.45, 7) is 3.90. The van der Waals surface area contributed by atoms with Gasteiger partial charge in [-0.05, 0) is 29.7 Å². The lowest BCUT2D eigenvalue weighted by atomic mass is 9.85. The van der Waals surface area contributed by atoms with Crippen LogP contribution < -0.4 is 9.47 Å².